The van der Waals surface area contributed by atoms with Crippen LogP contribution >= 0.6 is 0 Å². The molecule has 1 atom stereocenters. The summed E-state index contributed by atoms with van der Waals surface area (Å²) in [5, 5.41) is 0. The fraction of sp³-hybridized carbons (Fsp3) is 0.538. The van der Waals surface area contributed by atoms with Gasteiger partial charge in [0, 0.05) is 25.7 Å². The Kier molecular flexibility index (Phi) is 3.32. The molecule has 2 fully saturated rings. The minimum Gasteiger partial charge on any atom is -0.298 e. The summed E-state index contributed by atoms with van der Waals surface area (Å²) in [6.07, 6.45) is 2.15. The maximum atomic E-state index is 13.7. The van der Waals surface area contributed by atoms with E-state index in [0.717, 1.165) is 25.9 Å². The van der Waals surface area contributed by atoms with Crippen LogP contribution in [0.2, 0.25) is 0 Å². The molecule has 0 amide bonds. The van der Waals surface area contributed by atoms with Gasteiger partial charge in [-0.2, -0.15) is 4.31 Å². The molecule has 0 bridgehead atoms. The molecular weight excluding hydrogens is 267 g/mol. The Labute approximate surface area is 112 Å². The molecule has 3 rings (SSSR count). The summed E-state index contributed by atoms with van der Waals surface area (Å²) in [5.41, 5.74) is 0. The van der Waals surface area contributed by atoms with Crippen LogP contribution in [0.15, 0.2) is 29.2 Å². The highest BCUT2D eigenvalue weighted by Gasteiger charge is 2.37. The van der Waals surface area contributed by atoms with E-state index in [1.807, 2.05) is 0 Å². The van der Waals surface area contributed by atoms with Crippen LogP contribution in [0.4, 0.5) is 4.39 Å². The van der Waals surface area contributed by atoms with Crippen LogP contribution in [0, 0.1) is 5.82 Å². The second kappa shape index (κ2) is 4.85. The molecule has 0 saturated carbocycles. The zero-order valence-corrected chi connectivity index (χ0v) is 11.4. The summed E-state index contributed by atoms with van der Waals surface area (Å²) in [6.45, 7) is 2.74. The summed E-state index contributed by atoms with van der Waals surface area (Å²) in [5.74, 6) is -0.670. The average Bonchev–Trinajstić information content (AvgIpc) is 2.86. The van der Waals surface area contributed by atoms with E-state index >= 15 is 0 Å². The maximum absolute atomic E-state index is 13.7. The zero-order valence-electron chi connectivity index (χ0n) is 10.6. The molecule has 0 spiro atoms. The number of halogens is 1. The van der Waals surface area contributed by atoms with Crippen LogP contribution in [0.5, 0.6) is 0 Å². The van der Waals surface area contributed by atoms with Crippen LogP contribution in [-0.4, -0.2) is 49.8 Å². The van der Waals surface area contributed by atoms with Gasteiger partial charge in [-0.15, -0.1) is 0 Å². The number of rotatable bonds is 2. The Morgan fingerprint density at radius 2 is 1.95 bits per heavy atom. The largest absolute Gasteiger partial charge is 0.298 e. The average molecular weight is 284 g/mol. The van der Waals surface area contributed by atoms with Gasteiger partial charge in [0.25, 0.3) is 0 Å². The first-order chi connectivity index (χ1) is 9.09. The van der Waals surface area contributed by atoms with E-state index in [4.69, 9.17) is 0 Å². The van der Waals surface area contributed by atoms with Gasteiger partial charge in [-0.1, -0.05) is 12.1 Å². The molecular formula is C13H17FN2O2S. The summed E-state index contributed by atoms with van der Waals surface area (Å²) >= 11 is 0. The molecule has 0 aliphatic carbocycles. The minimum absolute atomic E-state index is 0.207. The van der Waals surface area contributed by atoms with Crippen molar-refractivity contribution >= 4 is 10.0 Å². The Hall–Kier alpha value is -0.980. The van der Waals surface area contributed by atoms with Crippen LogP contribution in [0.25, 0.3) is 0 Å². The normalized spacial score (nSPS) is 25.4. The van der Waals surface area contributed by atoms with Gasteiger partial charge in [-0.05, 0) is 31.5 Å². The number of piperazine rings is 1. The van der Waals surface area contributed by atoms with Gasteiger partial charge in [0.2, 0.25) is 10.0 Å². The van der Waals surface area contributed by atoms with Gasteiger partial charge in [-0.25, -0.2) is 12.8 Å². The van der Waals surface area contributed by atoms with Gasteiger partial charge in [-0.3, -0.25) is 4.90 Å². The molecule has 0 aromatic heterocycles. The van der Waals surface area contributed by atoms with E-state index in [9.17, 15) is 12.8 Å². The van der Waals surface area contributed by atoms with E-state index in [1.54, 1.807) is 6.07 Å². The zero-order chi connectivity index (χ0) is 13.5. The standard InChI is InChI=1S/C13H17FN2O2S/c14-12-5-1-2-6-13(12)19(17,18)16-9-8-15-7-3-4-11(15)10-16/h1-2,5-6,11H,3-4,7-10H2. The lowest BCUT2D eigenvalue weighted by atomic mass is 10.2. The quantitative estimate of drug-likeness (QED) is 0.822. The van der Waals surface area contributed by atoms with Gasteiger partial charge >= 0.3 is 0 Å². The molecule has 1 aromatic rings. The van der Waals surface area contributed by atoms with Gasteiger partial charge < -0.3 is 0 Å². The molecule has 2 heterocycles. The molecule has 6 heteroatoms. The van der Waals surface area contributed by atoms with Crippen molar-refractivity contribution in [1.82, 2.24) is 9.21 Å². The molecule has 2 aliphatic heterocycles. The molecule has 0 N–H and O–H groups in total. The van der Waals surface area contributed by atoms with Crippen LogP contribution < -0.4 is 0 Å². The predicted octanol–water partition coefficient (Wildman–Crippen LogP) is 1.29. The molecule has 1 aromatic carbocycles. The third-order valence-electron chi connectivity index (χ3n) is 4.00. The molecule has 4 nitrogen and oxygen atoms in total. The Bertz CT molecular complexity index is 576. The molecule has 2 saturated heterocycles. The number of sulfonamides is 1. The van der Waals surface area contributed by atoms with Crippen molar-refractivity contribution in [2.24, 2.45) is 0 Å². The molecule has 2 aliphatic rings. The molecule has 104 valence electrons. The van der Waals surface area contributed by atoms with Crippen molar-refractivity contribution in [2.45, 2.75) is 23.8 Å². The summed E-state index contributed by atoms with van der Waals surface area (Å²) < 4.78 is 40.0. The monoisotopic (exact) mass is 284 g/mol. The third-order valence-corrected chi connectivity index (χ3v) is 5.90. The Morgan fingerprint density at radius 1 is 1.16 bits per heavy atom. The molecule has 0 radical (unpaired) electrons. The number of fused-ring (bicyclic) bond motifs is 1. The lowest BCUT2D eigenvalue weighted by molar-refractivity contribution is 0.158. The first-order valence-corrected chi connectivity index (χ1v) is 8.02. The first kappa shape index (κ1) is 13.0. The summed E-state index contributed by atoms with van der Waals surface area (Å²) in [6, 6.07) is 5.89. The maximum Gasteiger partial charge on any atom is 0.246 e. The third kappa shape index (κ3) is 2.28. The van der Waals surface area contributed by atoms with Crippen molar-refractivity contribution in [3.05, 3.63) is 30.1 Å². The van der Waals surface area contributed by atoms with Crippen molar-refractivity contribution < 1.29 is 12.8 Å². The SMILES string of the molecule is O=S(=O)(c1ccccc1F)N1CCN2CCCC2C1. The lowest BCUT2D eigenvalue weighted by Gasteiger charge is -2.36. The number of hydrogen-bond donors (Lipinski definition) is 0. The highest BCUT2D eigenvalue weighted by molar-refractivity contribution is 7.89. The summed E-state index contributed by atoms with van der Waals surface area (Å²) in [4.78, 5) is 2.12. The Morgan fingerprint density at radius 3 is 2.74 bits per heavy atom. The van der Waals surface area contributed by atoms with E-state index in [-0.39, 0.29) is 4.90 Å². The molecule has 19 heavy (non-hydrogen) atoms. The Balaban J connectivity index is 1.87. The van der Waals surface area contributed by atoms with E-state index in [2.05, 4.69) is 4.90 Å². The first-order valence-electron chi connectivity index (χ1n) is 6.58. The topological polar surface area (TPSA) is 40.6 Å². The summed E-state index contributed by atoms with van der Waals surface area (Å²) in [7, 11) is -3.70. The van der Waals surface area contributed by atoms with Gasteiger partial charge in [0.15, 0.2) is 0 Å². The second-order valence-corrected chi connectivity index (χ2v) is 7.03. The van der Waals surface area contributed by atoms with Gasteiger partial charge in [0.05, 0.1) is 0 Å². The number of nitrogens with zero attached hydrogens (tertiary/aromatic N) is 2. The van der Waals surface area contributed by atoms with E-state index in [1.165, 1.54) is 22.5 Å². The minimum atomic E-state index is -3.70. The van der Waals surface area contributed by atoms with E-state index in [0.29, 0.717) is 19.1 Å². The van der Waals surface area contributed by atoms with Gasteiger partial charge in [0.1, 0.15) is 10.7 Å². The van der Waals surface area contributed by atoms with Crippen LogP contribution in [-0.2, 0) is 10.0 Å². The van der Waals surface area contributed by atoms with Crippen molar-refractivity contribution in [3.63, 3.8) is 0 Å². The fourth-order valence-electron chi connectivity index (χ4n) is 2.97. The smallest absolute Gasteiger partial charge is 0.246 e. The lowest BCUT2D eigenvalue weighted by Crippen LogP contribution is -2.52. The highest BCUT2D eigenvalue weighted by Crippen LogP contribution is 2.26. The van der Waals surface area contributed by atoms with Crippen molar-refractivity contribution in [1.29, 1.82) is 0 Å². The van der Waals surface area contributed by atoms with Crippen LogP contribution in [0.3, 0.4) is 0 Å². The van der Waals surface area contributed by atoms with Crippen LogP contribution in [0.1, 0.15) is 12.8 Å². The van der Waals surface area contributed by atoms with Crippen molar-refractivity contribution in [2.75, 3.05) is 26.2 Å². The van der Waals surface area contributed by atoms with E-state index < -0.39 is 15.8 Å². The predicted molar refractivity (Wildman–Crippen MR) is 69.8 cm³/mol. The number of benzene rings is 1. The second-order valence-electron chi connectivity index (χ2n) is 5.13. The number of hydrogen-bond acceptors (Lipinski definition) is 3. The molecule has 1 unspecified atom stereocenters. The fourth-order valence-corrected chi connectivity index (χ4v) is 4.51. The van der Waals surface area contributed by atoms with Crippen molar-refractivity contribution in [3.8, 4) is 0 Å². The highest BCUT2D eigenvalue weighted by atomic mass is 32.2.